The van der Waals surface area contributed by atoms with Gasteiger partial charge in [-0.2, -0.15) is 5.10 Å². The van der Waals surface area contributed by atoms with Gasteiger partial charge in [-0.15, -0.1) is 5.10 Å². The average molecular weight is 286 g/mol. The van der Waals surface area contributed by atoms with Crippen molar-refractivity contribution in [3.8, 4) is 0 Å². The lowest BCUT2D eigenvalue weighted by atomic mass is 10.1. The molecule has 18 heavy (non-hydrogen) atoms. The lowest BCUT2D eigenvalue weighted by molar-refractivity contribution is 0.601. The molecule has 2 heterocycles. The summed E-state index contributed by atoms with van der Waals surface area (Å²) in [5.74, 6) is 0. The van der Waals surface area contributed by atoms with E-state index < -0.39 is 0 Å². The second-order valence-electron chi connectivity index (χ2n) is 4.01. The zero-order valence-electron chi connectivity index (χ0n) is 10.4. The first kappa shape index (κ1) is 13.5. The van der Waals surface area contributed by atoms with Crippen LogP contribution in [0.4, 0.5) is 0 Å². The van der Waals surface area contributed by atoms with Crippen molar-refractivity contribution in [1.29, 1.82) is 0 Å². The summed E-state index contributed by atoms with van der Waals surface area (Å²) >= 11 is 7.50. The van der Waals surface area contributed by atoms with Gasteiger partial charge in [-0.1, -0.05) is 29.4 Å². The normalized spacial score (nSPS) is 12.9. The predicted octanol–water partition coefficient (Wildman–Crippen LogP) is 2.41. The molecule has 98 valence electrons. The van der Waals surface area contributed by atoms with Crippen LogP contribution in [-0.4, -0.2) is 19.4 Å². The summed E-state index contributed by atoms with van der Waals surface area (Å²) in [6.45, 7) is 4.86. The molecule has 0 aromatic carbocycles. The van der Waals surface area contributed by atoms with E-state index in [1.807, 2.05) is 11.6 Å². The van der Waals surface area contributed by atoms with Crippen molar-refractivity contribution >= 4 is 23.1 Å². The number of hydrogen-bond donors (Lipinski definition) is 1. The van der Waals surface area contributed by atoms with Gasteiger partial charge in [0.05, 0.1) is 33.5 Å². The van der Waals surface area contributed by atoms with Gasteiger partial charge in [0.15, 0.2) is 0 Å². The maximum Gasteiger partial charge on any atom is 0.0867 e. The first-order valence-corrected chi connectivity index (χ1v) is 7.12. The van der Waals surface area contributed by atoms with Gasteiger partial charge in [0, 0.05) is 6.54 Å². The highest BCUT2D eigenvalue weighted by Gasteiger charge is 2.23. The molecule has 0 saturated heterocycles. The molecule has 0 aliphatic heterocycles. The van der Waals surface area contributed by atoms with Crippen LogP contribution < -0.4 is 5.73 Å². The van der Waals surface area contributed by atoms with E-state index in [9.17, 15) is 0 Å². The van der Waals surface area contributed by atoms with Gasteiger partial charge in [-0.05, 0) is 24.9 Å². The van der Waals surface area contributed by atoms with Crippen molar-refractivity contribution in [3.63, 3.8) is 0 Å². The van der Waals surface area contributed by atoms with Crippen LogP contribution in [0.15, 0.2) is 6.20 Å². The molecular weight excluding hydrogens is 270 g/mol. The molecule has 2 rings (SSSR count). The molecule has 0 bridgehead atoms. The van der Waals surface area contributed by atoms with E-state index in [0.717, 1.165) is 35.7 Å². The van der Waals surface area contributed by atoms with Crippen molar-refractivity contribution in [2.45, 2.75) is 39.3 Å². The van der Waals surface area contributed by atoms with Crippen molar-refractivity contribution in [2.24, 2.45) is 5.73 Å². The molecule has 1 unspecified atom stereocenters. The van der Waals surface area contributed by atoms with Crippen LogP contribution in [0, 0.1) is 0 Å². The minimum atomic E-state index is -0.304. The summed E-state index contributed by atoms with van der Waals surface area (Å²) < 4.78 is 5.82. The third kappa shape index (κ3) is 2.41. The Labute approximate surface area is 115 Å². The Bertz CT molecular complexity index is 521. The van der Waals surface area contributed by atoms with E-state index in [2.05, 4.69) is 21.6 Å². The van der Waals surface area contributed by atoms with Gasteiger partial charge in [-0.25, -0.2) is 0 Å². The smallest absolute Gasteiger partial charge is 0.0867 e. The van der Waals surface area contributed by atoms with Gasteiger partial charge in [0.25, 0.3) is 0 Å². The van der Waals surface area contributed by atoms with Gasteiger partial charge in [-0.3, -0.25) is 4.68 Å². The Kier molecular flexibility index (Phi) is 4.31. The lowest BCUT2D eigenvalue weighted by Gasteiger charge is -2.13. The van der Waals surface area contributed by atoms with Crippen LogP contribution in [0.25, 0.3) is 0 Å². The Morgan fingerprint density at radius 2 is 2.28 bits per heavy atom. The Morgan fingerprint density at radius 1 is 1.50 bits per heavy atom. The van der Waals surface area contributed by atoms with Crippen LogP contribution in [-0.2, 0) is 13.0 Å². The maximum absolute atomic E-state index is 6.30. The summed E-state index contributed by atoms with van der Waals surface area (Å²) in [5, 5.41) is 8.94. The Hall–Kier alpha value is -0.980. The highest BCUT2D eigenvalue weighted by molar-refractivity contribution is 7.05. The monoisotopic (exact) mass is 285 g/mol. The van der Waals surface area contributed by atoms with Crippen molar-refractivity contribution in [3.05, 3.63) is 27.5 Å². The quantitative estimate of drug-likeness (QED) is 0.916. The fourth-order valence-electron chi connectivity index (χ4n) is 1.92. The van der Waals surface area contributed by atoms with Gasteiger partial charge >= 0.3 is 0 Å². The summed E-state index contributed by atoms with van der Waals surface area (Å²) in [6, 6.07) is -0.304. The zero-order chi connectivity index (χ0) is 13.1. The molecule has 0 aliphatic rings. The fourth-order valence-corrected chi connectivity index (χ4v) is 2.88. The lowest BCUT2D eigenvalue weighted by Crippen LogP contribution is -2.18. The number of aromatic nitrogens is 4. The number of nitrogens with zero attached hydrogens (tertiary/aromatic N) is 4. The molecule has 0 amide bonds. The number of halogens is 1. The van der Waals surface area contributed by atoms with Crippen LogP contribution in [0.2, 0.25) is 5.02 Å². The largest absolute Gasteiger partial charge is 0.318 e. The van der Waals surface area contributed by atoms with Crippen molar-refractivity contribution < 1.29 is 0 Å². The molecule has 0 aliphatic carbocycles. The van der Waals surface area contributed by atoms with E-state index >= 15 is 0 Å². The Balaban J connectivity index is 2.38. The average Bonchev–Trinajstić information content (AvgIpc) is 2.95. The number of hydrogen-bond acceptors (Lipinski definition) is 5. The summed E-state index contributed by atoms with van der Waals surface area (Å²) in [7, 11) is 0. The third-order valence-electron chi connectivity index (χ3n) is 2.78. The molecule has 2 aromatic heterocycles. The first-order valence-electron chi connectivity index (χ1n) is 5.96. The first-order chi connectivity index (χ1) is 8.69. The van der Waals surface area contributed by atoms with E-state index in [0.29, 0.717) is 5.02 Å². The minimum absolute atomic E-state index is 0.304. The number of aryl methyl sites for hydroxylation is 2. The molecule has 0 saturated carbocycles. The summed E-state index contributed by atoms with van der Waals surface area (Å²) in [6.07, 6.45) is 3.54. The van der Waals surface area contributed by atoms with Gasteiger partial charge < -0.3 is 5.73 Å². The van der Waals surface area contributed by atoms with Gasteiger partial charge in [0.2, 0.25) is 0 Å². The molecule has 0 radical (unpaired) electrons. The molecule has 0 fully saturated rings. The second kappa shape index (κ2) is 5.77. The van der Waals surface area contributed by atoms with Crippen molar-refractivity contribution in [2.75, 3.05) is 0 Å². The molecule has 5 nitrogen and oxygen atoms in total. The summed E-state index contributed by atoms with van der Waals surface area (Å²) in [4.78, 5) is 0.981. The SMILES string of the molecule is CCCc1nnsc1C(N)c1c(Cl)cnn1CC. The van der Waals surface area contributed by atoms with E-state index in [1.54, 1.807) is 6.20 Å². The predicted molar refractivity (Wildman–Crippen MR) is 72.8 cm³/mol. The molecule has 1 atom stereocenters. The van der Waals surface area contributed by atoms with Gasteiger partial charge in [0.1, 0.15) is 0 Å². The standard InChI is InChI=1S/C11H16ClN5S/c1-3-5-8-11(18-16-15-8)9(13)10-7(12)6-14-17(10)4-2/h6,9H,3-5,13H2,1-2H3. The minimum Gasteiger partial charge on any atom is -0.318 e. The van der Waals surface area contributed by atoms with Crippen LogP contribution >= 0.6 is 23.1 Å². The van der Waals surface area contributed by atoms with E-state index in [4.69, 9.17) is 17.3 Å². The summed E-state index contributed by atoms with van der Waals surface area (Å²) in [5.41, 5.74) is 8.10. The van der Waals surface area contributed by atoms with Crippen LogP contribution in [0.1, 0.15) is 42.6 Å². The van der Waals surface area contributed by atoms with E-state index in [1.165, 1.54) is 11.5 Å². The molecule has 7 heteroatoms. The molecule has 2 N–H and O–H groups in total. The topological polar surface area (TPSA) is 69.6 Å². The highest BCUT2D eigenvalue weighted by Crippen LogP contribution is 2.30. The second-order valence-corrected chi connectivity index (χ2v) is 5.20. The van der Waals surface area contributed by atoms with Crippen molar-refractivity contribution in [1.82, 2.24) is 19.4 Å². The molecule has 0 spiro atoms. The number of rotatable bonds is 5. The number of nitrogens with two attached hydrogens (primary N) is 1. The maximum atomic E-state index is 6.30. The van der Waals surface area contributed by atoms with Crippen LogP contribution in [0.5, 0.6) is 0 Å². The highest BCUT2D eigenvalue weighted by atomic mass is 35.5. The zero-order valence-corrected chi connectivity index (χ0v) is 12.0. The Morgan fingerprint density at radius 3 is 2.94 bits per heavy atom. The molecule has 2 aromatic rings. The molecular formula is C11H16ClN5S. The fraction of sp³-hybridized carbons (Fsp3) is 0.545. The van der Waals surface area contributed by atoms with Crippen LogP contribution in [0.3, 0.4) is 0 Å². The van der Waals surface area contributed by atoms with E-state index in [-0.39, 0.29) is 6.04 Å². The third-order valence-corrected chi connectivity index (χ3v) is 3.92.